The Bertz CT molecular complexity index is 779. The monoisotopic (exact) mass is 298 g/mol. The molecule has 2 aromatic carbocycles. The Morgan fingerprint density at radius 1 is 0.682 bits per heavy atom. The fourth-order valence-electron chi connectivity index (χ4n) is 2.14. The predicted octanol–water partition coefficient (Wildman–Crippen LogP) is 3.25. The molecular weight excluding hydrogens is 286 g/mol. The summed E-state index contributed by atoms with van der Waals surface area (Å²) in [4.78, 5) is 8.38. The Labute approximate surface area is 125 Å². The second-order valence-corrected chi connectivity index (χ2v) is 4.71. The molecule has 0 amide bonds. The lowest BCUT2D eigenvalue weighted by Gasteiger charge is -2.11. The second kappa shape index (κ2) is 5.40. The highest BCUT2D eigenvalue weighted by molar-refractivity contribution is 5.80. The molecule has 0 aliphatic carbocycles. The Morgan fingerprint density at radius 3 is 1.45 bits per heavy atom. The molecule has 0 radical (unpaired) electrons. The van der Waals surface area contributed by atoms with Gasteiger partial charge < -0.3 is 11.5 Å². The average molecular weight is 298 g/mol. The molecule has 6 heteroatoms. The van der Waals surface area contributed by atoms with Crippen molar-refractivity contribution in [2.24, 2.45) is 0 Å². The molecule has 0 fully saturated rings. The summed E-state index contributed by atoms with van der Waals surface area (Å²) >= 11 is 0. The molecule has 110 valence electrons. The average Bonchev–Trinajstić information content (AvgIpc) is 2.49. The zero-order chi connectivity index (χ0) is 15.7. The third kappa shape index (κ3) is 2.58. The summed E-state index contributed by atoms with van der Waals surface area (Å²) < 4.78 is 26.9. The van der Waals surface area contributed by atoms with E-state index in [9.17, 15) is 8.78 Å². The van der Waals surface area contributed by atoms with E-state index in [0.29, 0.717) is 22.5 Å². The van der Waals surface area contributed by atoms with Crippen LogP contribution < -0.4 is 11.5 Å². The molecule has 4 nitrogen and oxygen atoms in total. The molecule has 3 rings (SSSR count). The van der Waals surface area contributed by atoms with Gasteiger partial charge in [0.1, 0.15) is 11.6 Å². The van der Waals surface area contributed by atoms with E-state index < -0.39 is 11.6 Å². The second-order valence-electron chi connectivity index (χ2n) is 4.71. The Balaban J connectivity index is 2.27. The van der Waals surface area contributed by atoms with Crippen LogP contribution in [0.2, 0.25) is 0 Å². The maximum absolute atomic E-state index is 13.5. The molecule has 0 saturated carbocycles. The van der Waals surface area contributed by atoms with Crippen LogP contribution in [-0.4, -0.2) is 9.97 Å². The van der Waals surface area contributed by atoms with Gasteiger partial charge >= 0.3 is 0 Å². The van der Waals surface area contributed by atoms with Gasteiger partial charge in [0.25, 0.3) is 0 Å². The first kappa shape index (κ1) is 13.9. The van der Waals surface area contributed by atoms with E-state index >= 15 is 0 Å². The number of hydrogen-bond donors (Lipinski definition) is 2. The van der Waals surface area contributed by atoms with E-state index in [0.717, 1.165) is 0 Å². The van der Waals surface area contributed by atoms with Crippen LogP contribution in [0.15, 0.2) is 48.5 Å². The van der Waals surface area contributed by atoms with Crippen LogP contribution in [0.3, 0.4) is 0 Å². The van der Waals surface area contributed by atoms with Crippen LogP contribution in [-0.2, 0) is 0 Å². The number of hydrogen-bond acceptors (Lipinski definition) is 4. The highest BCUT2D eigenvalue weighted by Crippen LogP contribution is 2.31. The van der Waals surface area contributed by atoms with Crippen molar-refractivity contribution in [3.05, 3.63) is 60.2 Å². The molecule has 0 atom stereocenters. The minimum Gasteiger partial charge on any atom is -0.381 e. The van der Waals surface area contributed by atoms with Gasteiger partial charge in [-0.3, -0.25) is 0 Å². The summed E-state index contributed by atoms with van der Waals surface area (Å²) in [5.74, 6) is -0.751. The molecular formula is C16H12F2N4. The maximum Gasteiger partial charge on any atom is 0.166 e. The minimum absolute atomic E-state index is 0.0411. The molecule has 22 heavy (non-hydrogen) atoms. The minimum atomic E-state index is -0.417. The van der Waals surface area contributed by atoms with Crippen molar-refractivity contribution in [1.82, 2.24) is 9.97 Å². The lowest BCUT2D eigenvalue weighted by Crippen LogP contribution is -2.05. The van der Waals surface area contributed by atoms with Gasteiger partial charge in [0, 0.05) is 11.1 Å². The van der Waals surface area contributed by atoms with Crippen molar-refractivity contribution in [2.45, 2.75) is 0 Å². The summed E-state index contributed by atoms with van der Waals surface area (Å²) in [5, 5.41) is 0. The first-order valence-corrected chi connectivity index (χ1v) is 6.49. The Hall–Kier alpha value is -3.02. The maximum atomic E-state index is 13.5. The summed E-state index contributed by atoms with van der Waals surface area (Å²) in [6.45, 7) is 0. The quantitative estimate of drug-likeness (QED) is 0.761. The van der Waals surface area contributed by atoms with Gasteiger partial charge in [-0.2, -0.15) is 0 Å². The van der Waals surface area contributed by atoms with Gasteiger partial charge in [-0.05, 0) is 24.3 Å². The Morgan fingerprint density at radius 2 is 1.09 bits per heavy atom. The molecule has 3 aromatic rings. The van der Waals surface area contributed by atoms with Crippen LogP contribution in [0.5, 0.6) is 0 Å². The van der Waals surface area contributed by atoms with Crippen molar-refractivity contribution in [1.29, 1.82) is 0 Å². The molecule has 0 unspecified atom stereocenters. The number of halogens is 2. The number of rotatable bonds is 2. The standard InChI is InChI=1S/C16H12F2N4/c17-11-5-1-3-9(7-11)13-14(22-16(20)15(19)21-13)10-4-2-6-12(18)8-10/h1-8H,(H2,19,21)(H2,20,22). The first-order valence-electron chi connectivity index (χ1n) is 6.49. The van der Waals surface area contributed by atoms with E-state index in [-0.39, 0.29) is 11.6 Å². The third-order valence-corrected chi connectivity index (χ3v) is 3.15. The van der Waals surface area contributed by atoms with Gasteiger partial charge in [0.05, 0.1) is 11.4 Å². The zero-order valence-electron chi connectivity index (χ0n) is 11.4. The highest BCUT2D eigenvalue weighted by atomic mass is 19.1. The van der Waals surface area contributed by atoms with Gasteiger partial charge in [-0.25, -0.2) is 18.7 Å². The number of benzene rings is 2. The van der Waals surface area contributed by atoms with Crippen LogP contribution in [0.1, 0.15) is 0 Å². The zero-order valence-corrected chi connectivity index (χ0v) is 11.4. The smallest absolute Gasteiger partial charge is 0.166 e. The SMILES string of the molecule is Nc1nc(-c2cccc(F)c2)c(-c2cccc(F)c2)nc1N. The van der Waals surface area contributed by atoms with E-state index in [2.05, 4.69) is 9.97 Å². The molecule has 0 aliphatic rings. The number of nitrogen functional groups attached to an aromatic ring is 2. The van der Waals surface area contributed by atoms with Crippen molar-refractivity contribution < 1.29 is 8.78 Å². The van der Waals surface area contributed by atoms with Crippen molar-refractivity contribution in [3.8, 4) is 22.5 Å². The fraction of sp³-hybridized carbons (Fsp3) is 0. The van der Waals surface area contributed by atoms with Crippen LogP contribution in [0.4, 0.5) is 20.4 Å². The molecule has 0 spiro atoms. The van der Waals surface area contributed by atoms with E-state index in [4.69, 9.17) is 11.5 Å². The third-order valence-electron chi connectivity index (χ3n) is 3.15. The molecule has 1 heterocycles. The largest absolute Gasteiger partial charge is 0.381 e. The van der Waals surface area contributed by atoms with Crippen LogP contribution in [0.25, 0.3) is 22.5 Å². The van der Waals surface area contributed by atoms with Crippen LogP contribution in [0, 0.1) is 11.6 Å². The first-order chi connectivity index (χ1) is 10.5. The van der Waals surface area contributed by atoms with Crippen LogP contribution >= 0.6 is 0 Å². The van der Waals surface area contributed by atoms with Crippen molar-refractivity contribution in [2.75, 3.05) is 11.5 Å². The lowest BCUT2D eigenvalue weighted by atomic mass is 10.0. The lowest BCUT2D eigenvalue weighted by molar-refractivity contribution is 0.627. The van der Waals surface area contributed by atoms with E-state index in [1.54, 1.807) is 24.3 Å². The molecule has 0 bridgehead atoms. The predicted molar refractivity (Wildman–Crippen MR) is 81.6 cm³/mol. The fourth-order valence-corrected chi connectivity index (χ4v) is 2.14. The molecule has 0 saturated heterocycles. The van der Waals surface area contributed by atoms with Gasteiger partial charge in [-0.1, -0.05) is 24.3 Å². The van der Waals surface area contributed by atoms with E-state index in [1.165, 1.54) is 24.3 Å². The summed E-state index contributed by atoms with van der Waals surface area (Å²) in [5.41, 5.74) is 13.1. The number of nitrogens with two attached hydrogens (primary N) is 2. The topological polar surface area (TPSA) is 77.8 Å². The normalized spacial score (nSPS) is 10.6. The Kier molecular flexibility index (Phi) is 3.42. The summed E-state index contributed by atoms with van der Waals surface area (Å²) in [6.07, 6.45) is 0. The van der Waals surface area contributed by atoms with Crippen molar-refractivity contribution >= 4 is 11.6 Å². The van der Waals surface area contributed by atoms with Crippen molar-refractivity contribution in [3.63, 3.8) is 0 Å². The van der Waals surface area contributed by atoms with E-state index in [1.807, 2.05) is 0 Å². The molecule has 1 aromatic heterocycles. The summed E-state index contributed by atoms with van der Waals surface area (Å²) in [6, 6.07) is 11.7. The number of aromatic nitrogens is 2. The molecule has 4 N–H and O–H groups in total. The van der Waals surface area contributed by atoms with Gasteiger partial charge in [-0.15, -0.1) is 0 Å². The number of nitrogens with zero attached hydrogens (tertiary/aromatic N) is 2. The summed E-state index contributed by atoms with van der Waals surface area (Å²) in [7, 11) is 0. The highest BCUT2D eigenvalue weighted by Gasteiger charge is 2.15. The van der Waals surface area contributed by atoms with Gasteiger partial charge in [0.15, 0.2) is 11.6 Å². The molecule has 0 aliphatic heterocycles. The number of anilines is 2. The van der Waals surface area contributed by atoms with Gasteiger partial charge in [0.2, 0.25) is 0 Å².